The van der Waals surface area contributed by atoms with Crippen molar-refractivity contribution in [3.8, 4) is 0 Å². The smallest absolute Gasteiger partial charge is 0.307 e. The Kier molecular flexibility index (Phi) is 15.7. The van der Waals surface area contributed by atoms with Crippen LogP contribution in [-0.2, 0) is 9.59 Å². The quantitative estimate of drug-likeness (QED) is 0.186. The van der Waals surface area contributed by atoms with Gasteiger partial charge in [0.2, 0.25) is 0 Å². The van der Waals surface area contributed by atoms with Gasteiger partial charge >= 0.3 is 11.9 Å². The van der Waals surface area contributed by atoms with E-state index in [1.54, 1.807) is 0 Å². The van der Waals surface area contributed by atoms with Crippen molar-refractivity contribution in [1.82, 2.24) is 0 Å². The van der Waals surface area contributed by atoms with Crippen molar-refractivity contribution in [2.45, 2.75) is 112 Å². The van der Waals surface area contributed by atoms with Crippen LogP contribution in [0.2, 0.25) is 0 Å². The van der Waals surface area contributed by atoms with E-state index in [1.807, 2.05) is 0 Å². The molecule has 0 radical (unpaired) electrons. The summed E-state index contributed by atoms with van der Waals surface area (Å²) in [5, 5.41) is 19.8. The molecule has 0 aromatic heterocycles. The lowest BCUT2D eigenvalue weighted by Gasteiger charge is -2.33. The van der Waals surface area contributed by atoms with Crippen LogP contribution in [0.15, 0.2) is 70.4 Å². The summed E-state index contributed by atoms with van der Waals surface area (Å²) in [6, 6.07) is 0. The van der Waals surface area contributed by atoms with Crippen LogP contribution in [0.25, 0.3) is 0 Å². The summed E-state index contributed by atoms with van der Waals surface area (Å²) < 4.78 is 0. The minimum Gasteiger partial charge on any atom is -0.481 e. The summed E-state index contributed by atoms with van der Waals surface area (Å²) >= 11 is 0. The molecule has 1 aliphatic rings. The van der Waals surface area contributed by atoms with E-state index >= 15 is 0 Å². The third kappa shape index (κ3) is 13.8. The van der Waals surface area contributed by atoms with Gasteiger partial charge in [0, 0.05) is 0 Å². The van der Waals surface area contributed by atoms with Crippen molar-refractivity contribution in [2.75, 3.05) is 0 Å². The molecule has 2 N–H and O–H groups in total. The average Bonchev–Trinajstić information content (AvgIpc) is 2.81. The molecule has 0 bridgehead atoms. The van der Waals surface area contributed by atoms with Crippen molar-refractivity contribution in [2.24, 2.45) is 17.8 Å². The van der Waals surface area contributed by atoms with Gasteiger partial charge in [-0.25, -0.2) is 0 Å². The van der Waals surface area contributed by atoms with Crippen LogP contribution in [0.5, 0.6) is 0 Å². The summed E-state index contributed by atoms with van der Waals surface area (Å²) in [5.74, 6) is -4.05. The number of aliphatic carboxylic acids is 2. The van der Waals surface area contributed by atoms with E-state index in [0.29, 0.717) is 12.8 Å². The molecule has 1 aliphatic carbocycles. The Bertz CT molecular complexity index is 949. The summed E-state index contributed by atoms with van der Waals surface area (Å²) in [6.07, 6.45) is 20.4. The third-order valence-electron chi connectivity index (χ3n) is 7.39. The molecule has 0 saturated heterocycles. The topological polar surface area (TPSA) is 74.6 Å². The molecule has 38 heavy (non-hydrogen) atoms. The zero-order valence-corrected chi connectivity index (χ0v) is 24.8. The highest BCUT2D eigenvalue weighted by atomic mass is 16.4. The first-order chi connectivity index (χ1) is 17.9. The van der Waals surface area contributed by atoms with Gasteiger partial charge in [0.15, 0.2) is 0 Å². The van der Waals surface area contributed by atoms with E-state index < -0.39 is 23.8 Å². The molecular formula is C34H52O4. The van der Waals surface area contributed by atoms with E-state index in [-0.39, 0.29) is 5.92 Å². The first-order valence-electron chi connectivity index (χ1n) is 14.3. The number of hydrogen-bond donors (Lipinski definition) is 2. The van der Waals surface area contributed by atoms with Crippen molar-refractivity contribution < 1.29 is 19.8 Å². The Morgan fingerprint density at radius 3 is 1.82 bits per heavy atom. The predicted octanol–water partition coefficient (Wildman–Crippen LogP) is 9.62. The maximum atomic E-state index is 12.1. The van der Waals surface area contributed by atoms with E-state index in [1.165, 1.54) is 22.3 Å². The SMILES string of the molecule is C=C(CC/C=C(\C)CCC=C(C)C)CC[C@@H]1C=C(CC/C=C(\C)CCC=C(C)C)C[C@H](C(=O)O)[C@H]1C(=O)O. The Morgan fingerprint density at radius 2 is 1.32 bits per heavy atom. The zero-order chi connectivity index (χ0) is 28.7. The van der Waals surface area contributed by atoms with E-state index in [9.17, 15) is 19.8 Å². The number of carboxylic acids is 2. The highest BCUT2D eigenvalue weighted by molar-refractivity contribution is 5.81. The molecular weight excluding hydrogens is 472 g/mol. The van der Waals surface area contributed by atoms with Crippen molar-refractivity contribution in [3.05, 3.63) is 70.4 Å². The summed E-state index contributed by atoms with van der Waals surface area (Å²) in [4.78, 5) is 24.2. The van der Waals surface area contributed by atoms with E-state index in [4.69, 9.17) is 0 Å². The van der Waals surface area contributed by atoms with Crippen LogP contribution in [-0.4, -0.2) is 22.2 Å². The van der Waals surface area contributed by atoms with Gasteiger partial charge < -0.3 is 10.2 Å². The largest absolute Gasteiger partial charge is 0.481 e. The first kappa shape index (κ1) is 33.4. The second-order valence-electron chi connectivity index (χ2n) is 11.6. The van der Waals surface area contributed by atoms with Crippen LogP contribution in [0.1, 0.15) is 112 Å². The standard InChI is InChI=1S/C34H52O4/c1-24(2)12-8-14-26(5)16-10-17-28(7)20-21-30-22-29(23-31(33(35)36)32(30)34(37)38)19-11-18-27(6)15-9-13-25(3)4/h12-13,16,18,22,30-32H,7-11,14-15,17,19-21,23H2,1-6H3,(H,35,36)(H,37,38)/b26-16+,27-18+/t30-,31+,32+/m1/s1. The molecule has 4 nitrogen and oxygen atoms in total. The molecule has 0 saturated carbocycles. The minimum atomic E-state index is -1.01. The average molecular weight is 525 g/mol. The zero-order valence-electron chi connectivity index (χ0n) is 24.8. The van der Waals surface area contributed by atoms with Gasteiger partial charge in [-0.15, -0.1) is 0 Å². The Hall–Kier alpha value is -2.62. The molecule has 4 heteroatoms. The lowest BCUT2D eigenvalue weighted by Crippen LogP contribution is -2.38. The number of hydrogen-bond acceptors (Lipinski definition) is 2. The van der Waals surface area contributed by atoms with Gasteiger partial charge in [-0.3, -0.25) is 9.59 Å². The van der Waals surface area contributed by atoms with Crippen LogP contribution >= 0.6 is 0 Å². The van der Waals surface area contributed by atoms with Gasteiger partial charge in [-0.1, -0.05) is 70.4 Å². The number of rotatable bonds is 17. The van der Waals surface area contributed by atoms with Crippen LogP contribution in [0.3, 0.4) is 0 Å². The van der Waals surface area contributed by atoms with E-state index in [0.717, 1.165) is 68.9 Å². The number of carboxylic acid groups (broad SMARTS) is 2. The maximum absolute atomic E-state index is 12.1. The molecule has 1 rings (SSSR count). The number of allylic oxidation sites excluding steroid dienone is 11. The molecule has 0 fully saturated rings. The van der Waals surface area contributed by atoms with Gasteiger partial charge in [-0.05, 0) is 118 Å². The van der Waals surface area contributed by atoms with Gasteiger partial charge in [0.05, 0.1) is 11.8 Å². The molecule has 0 heterocycles. The lowest BCUT2D eigenvalue weighted by molar-refractivity contribution is -0.156. The third-order valence-corrected chi connectivity index (χ3v) is 7.39. The van der Waals surface area contributed by atoms with Crippen molar-refractivity contribution in [1.29, 1.82) is 0 Å². The van der Waals surface area contributed by atoms with Crippen LogP contribution in [0.4, 0.5) is 0 Å². The van der Waals surface area contributed by atoms with Gasteiger partial charge in [-0.2, -0.15) is 0 Å². The normalized spacial score (nSPS) is 19.9. The highest BCUT2D eigenvalue weighted by Crippen LogP contribution is 2.39. The van der Waals surface area contributed by atoms with Gasteiger partial charge in [0.1, 0.15) is 0 Å². The van der Waals surface area contributed by atoms with Crippen LogP contribution in [0, 0.1) is 17.8 Å². The molecule has 3 atom stereocenters. The van der Waals surface area contributed by atoms with Gasteiger partial charge in [0.25, 0.3) is 0 Å². The highest BCUT2D eigenvalue weighted by Gasteiger charge is 2.41. The molecule has 212 valence electrons. The predicted molar refractivity (Wildman–Crippen MR) is 160 cm³/mol. The summed E-state index contributed by atoms with van der Waals surface area (Å²) in [5.41, 5.74) is 7.57. The lowest BCUT2D eigenvalue weighted by atomic mass is 9.70. The molecule has 0 aromatic rings. The molecule has 0 unspecified atom stereocenters. The van der Waals surface area contributed by atoms with Crippen molar-refractivity contribution >= 4 is 11.9 Å². The summed E-state index contributed by atoms with van der Waals surface area (Å²) in [7, 11) is 0. The minimum absolute atomic E-state index is 0.279. The summed E-state index contributed by atoms with van der Waals surface area (Å²) in [6.45, 7) is 17.0. The molecule has 0 aromatic carbocycles. The maximum Gasteiger partial charge on any atom is 0.307 e. The second-order valence-corrected chi connectivity index (χ2v) is 11.6. The number of carbonyl (C=O) groups is 2. The second kappa shape index (κ2) is 17.8. The first-order valence-corrected chi connectivity index (χ1v) is 14.3. The fourth-order valence-electron chi connectivity index (χ4n) is 5.13. The monoisotopic (exact) mass is 524 g/mol. The molecule has 0 aliphatic heterocycles. The Labute approximate surface area is 232 Å². The van der Waals surface area contributed by atoms with Crippen LogP contribution < -0.4 is 0 Å². The van der Waals surface area contributed by atoms with E-state index in [2.05, 4.69) is 78.5 Å². The Balaban J connectivity index is 2.77. The molecule has 0 spiro atoms. The Morgan fingerprint density at radius 1 is 0.789 bits per heavy atom. The van der Waals surface area contributed by atoms with Crippen molar-refractivity contribution in [3.63, 3.8) is 0 Å². The molecule has 0 amide bonds. The fourth-order valence-corrected chi connectivity index (χ4v) is 5.13. The fraction of sp³-hybridized carbons (Fsp3) is 0.588.